The van der Waals surface area contributed by atoms with Gasteiger partial charge in [-0.15, -0.1) is 11.3 Å². The number of nitrogens with zero attached hydrogens (tertiary/aromatic N) is 1. The molecule has 0 atom stereocenters. The van der Waals surface area contributed by atoms with Crippen molar-refractivity contribution < 1.29 is 13.9 Å². The summed E-state index contributed by atoms with van der Waals surface area (Å²) in [5.41, 5.74) is 1.88. The Morgan fingerprint density at radius 3 is 2.54 bits per heavy atom. The molecule has 1 heterocycles. The maximum absolute atomic E-state index is 13.7. The van der Waals surface area contributed by atoms with Gasteiger partial charge in [-0.3, -0.25) is 10.1 Å². The lowest BCUT2D eigenvalue weighted by Gasteiger charge is -2.19. The fourth-order valence-corrected chi connectivity index (χ4v) is 3.48. The SMILES string of the molecule is CC(C)(C)c1ccc(OCC(=O)Nc2ncc(Cc3ccccc3F)s2)cc1. The topological polar surface area (TPSA) is 51.2 Å². The van der Waals surface area contributed by atoms with Crippen molar-refractivity contribution in [3.05, 3.63) is 76.5 Å². The number of nitrogens with one attached hydrogen (secondary N) is 1. The molecule has 0 saturated carbocycles. The Kier molecular flexibility index (Phi) is 6.09. The summed E-state index contributed by atoms with van der Waals surface area (Å²) in [6.07, 6.45) is 2.09. The van der Waals surface area contributed by atoms with Crippen LogP contribution in [-0.4, -0.2) is 17.5 Å². The highest BCUT2D eigenvalue weighted by Gasteiger charge is 2.13. The third-order valence-electron chi connectivity index (χ3n) is 4.21. The van der Waals surface area contributed by atoms with Crippen molar-refractivity contribution in [1.82, 2.24) is 4.98 Å². The third kappa shape index (κ3) is 5.39. The van der Waals surface area contributed by atoms with E-state index in [2.05, 4.69) is 31.1 Å². The predicted octanol–water partition coefficient (Wildman–Crippen LogP) is 5.19. The largest absolute Gasteiger partial charge is 0.484 e. The number of amides is 1. The van der Waals surface area contributed by atoms with Crippen molar-refractivity contribution in [3.8, 4) is 5.75 Å². The molecule has 3 rings (SSSR count). The van der Waals surface area contributed by atoms with Crippen LogP contribution in [0.2, 0.25) is 0 Å². The van der Waals surface area contributed by atoms with E-state index in [0.717, 1.165) is 4.88 Å². The number of rotatable bonds is 6. The average molecular weight is 399 g/mol. The fourth-order valence-electron chi connectivity index (χ4n) is 2.63. The van der Waals surface area contributed by atoms with E-state index in [9.17, 15) is 9.18 Å². The van der Waals surface area contributed by atoms with Crippen LogP contribution in [0.5, 0.6) is 5.75 Å². The Morgan fingerprint density at radius 1 is 1.14 bits per heavy atom. The molecule has 2 aromatic carbocycles. The molecule has 6 heteroatoms. The molecular formula is C22H23FN2O2S. The van der Waals surface area contributed by atoms with Gasteiger partial charge in [0, 0.05) is 17.5 Å². The van der Waals surface area contributed by atoms with Crippen molar-refractivity contribution in [2.24, 2.45) is 0 Å². The third-order valence-corrected chi connectivity index (χ3v) is 5.13. The molecule has 1 N–H and O–H groups in total. The van der Waals surface area contributed by atoms with Crippen molar-refractivity contribution in [2.45, 2.75) is 32.6 Å². The number of anilines is 1. The van der Waals surface area contributed by atoms with Gasteiger partial charge >= 0.3 is 0 Å². The molecule has 0 unspecified atom stereocenters. The summed E-state index contributed by atoms with van der Waals surface area (Å²) in [6, 6.07) is 14.4. The summed E-state index contributed by atoms with van der Waals surface area (Å²) in [6.45, 7) is 6.33. The minimum atomic E-state index is -0.285. The van der Waals surface area contributed by atoms with Gasteiger partial charge in [-0.05, 0) is 34.7 Å². The molecule has 0 fully saturated rings. The Labute approximate surface area is 168 Å². The number of thiazole rings is 1. The van der Waals surface area contributed by atoms with E-state index >= 15 is 0 Å². The van der Waals surface area contributed by atoms with Crippen LogP contribution in [0.15, 0.2) is 54.7 Å². The maximum Gasteiger partial charge on any atom is 0.264 e. The van der Waals surface area contributed by atoms with Gasteiger partial charge in [0.15, 0.2) is 11.7 Å². The minimum absolute atomic E-state index is 0.0706. The van der Waals surface area contributed by atoms with Gasteiger partial charge < -0.3 is 4.74 Å². The predicted molar refractivity (Wildman–Crippen MR) is 111 cm³/mol. The summed E-state index contributed by atoms with van der Waals surface area (Å²) in [5.74, 6) is 0.113. The standard InChI is InChI=1S/C22H23FN2O2S/c1-22(2,3)16-8-10-17(11-9-16)27-14-20(26)25-21-24-13-18(28-21)12-15-6-4-5-7-19(15)23/h4-11,13H,12,14H2,1-3H3,(H,24,25,26). The van der Waals surface area contributed by atoms with E-state index in [1.807, 2.05) is 24.3 Å². The molecular weight excluding hydrogens is 375 g/mol. The number of halogens is 1. The van der Waals surface area contributed by atoms with Crippen LogP contribution in [0.3, 0.4) is 0 Å². The second-order valence-corrected chi connectivity index (χ2v) is 8.63. The number of carbonyl (C=O) groups excluding carboxylic acids is 1. The molecule has 146 valence electrons. The number of hydrogen-bond acceptors (Lipinski definition) is 4. The summed E-state index contributed by atoms with van der Waals surface area (Å²) in [5, 5.41) is 3.19. The van der Waals surface area contributed by atoms with Crippen LogP contribution in [0.1, 0.15) is 36.8 Å². The van der Waals surface area contributed by atoms with Gasteiger partial charge in [0.1, 0.15) is 11.6 Å². The van der Waals surface area contributed by atoms with Crippen LogP contribution in [-0.2, 0) is 16.6 Å². The number of benzene rings is 2. The molecule has 0 saturated heterocycles. The summed E-state index contributed by atoms with van der Waals surface area (Å²) < 4.78 is 19.3. The lowest BCUT2D eigenvalue weighted by Crippen LogP contribution is -2.20. The van der Waals surface area contributed by atoms with E-state index in [1.54, 1.807) is 24.4 Å². The second-order valence-electron chi connectivity index (χ2n) is 7.51. The summed E-state index contributed by atoms with van der Waals surface area (Å²) in [4.78, 5) is 17.2. The van der Waals surface area contributed by atoms with Gasteiger partial charge in [-0.25, -0.2) is 9.37 Å². The molecule has 0 spiro atoms. The maximum atomic E-state index is 13.7. The molecule has 1 amide bonds. The zero-order valence-corrected chi connectivity index (χ0v) is 17.0. The number of aromatic nitrogens is 1. The first-order valence-corrected chi connectivity index (χ1v) is 9.84. The molecule has 0 aliphatic heterocycles. The number of carbonyl (C=O) groups is 1. The van der Waals surface area contributed by atoms with Crippen molar-refractivity contribution in [2.75, 3.05) is 11.9 Å². The molecule has 0 radical (unpaired) electrons. The first-order chi connectivity index (χ1) is 13.3. The monoisotopic (exact) mass is 398 g/mol. The van der Waals surface area contributed by atoms with Crippen LogP contribution in [0.4, 0.5) is 9.52 Å². The van der Waals surface area contributed by atoms with Crippen LogP contribution >= 0.6 is 11.3 Å². The quantitative estimate of drug-likeness (QED) is 0.622. The minimum Gasteiger partial charge on any atom is -0.484 e. The highest BCUT2D eigenvalue weighted by Crippen LogP contribution is 2.25. The zero-order chi connectivity index (χ0) is 20.1. The second kappa shape index (κ2) is 8.52. The summed E-state index contributed by atoms with van der Waals surface area (Å²) in [7, 11) is 0. The Morgan fingerprint density at radius 2 is 1.86 bits per heavy atom. The van der Waals surface area contributed by atoms with Crippen LogP contribution in [0, 0.1) is 5.82 Å². The van der Waals surface area contributed by atoms with Crippen molar-refractivity contribution in [3.63, 3.8) is 0 Å². The Balaban J connectivity index is 1.51. The fraction of sp³-hybridized carbons (Fsp3) is 0.273. The Hall–Kier alpha value is -2.73. The van der Waals surface area contributed by atoms with Gasteiger partial charge in [0.25, 0.3) is 5.91 Å². The van der Waals surface area contributed by atoms with Gasteiger partial charge in [-0.1, -0.05) is 51.1 Å². The highest BCUT2D eigenvalue weighted by atomic mass is 32.1. The first kappa shape index (κ1) is 20.0. The lowest BCUT2D eigenvalue weighted by molar-refractivity contribution is -0.118. The molecule has 1 aromatic heterocycles. The normalized spacial score (nSPS) is 11.3. The highest BCUT2D eigenvalue weighted by molar-refractivity contribution is 7.15. The van der Waals surface area contributed by atoms with E-state index in [1.165, 1.54) is 23.0 Å². The molecule has 28 heavy (non-hydrogen) atoms. The Bertz CT molecular complexity index is 946. The van der Waals surface area contributed by atoms with E-state index in [-0.39, 0.29) is 23.7 Å². The van der Waals surface area contributed by atoms with Gasteiger partial charge in [0.2, 0.25) is 0 Å². The van der Waals surface area contributed by atoms with Gasteiger partial charge in [-0.2, -0.15) is 0 Å². The molecule has 3 aromatic rings. The van der Waals surface area contributed by atoms with Crippen LogP contribution < -0.4 is 10.1 Å². The summed E-state index contributed by atoms with van der Waals surface area (Å²) >= 11 is 1.33. The molecule has 0 aliphatic rings. The van der Waals surface area contributed by atoms with Crippen LogP contribution in [0.25, 0.3) is 0 Å². The molecule has 0 bridgehead atoms. The van der Waals surface area contributed by atoms with Crippen molar-refractivity contribution in [1.29, 1.82) is 0 Å². The smallest absolute Gasteiger partial charge is 0.264 e. The molecule has 0 aliphatic carbocycles. The van der Waals surface area contributed by atoms with Gasteiger partial charge in [0.05, 0.1) is 0 Å². The lowest BCUT2D eigenvalue weighted by atomic mass is 9.87. The number of ether oxygens (including phenoxy) is 1. The number of hydrogen-bond donors (Lipinski definition) is 1. The van der Waals surface area contributed by atoms with E-state index in [4.69, 9.17) is 4.74 Å². The van der Waals surface area contributed by atoms with E-state index < -0.39 is 0 Å². The van der Waals surface area contributed by atoms with E-state index in [0.29, 0.717) is 22.9 Å². The van der Waals surface area contributed by atoms with Crippen molar-refractivity contribution >= 4 is 22.4 Å². The molecule has 4 nitrogen and oxygen atoms in total. The first-order valence-electron chi connectivity index (χ1n) is 9.02. The zero-order valence-electron chi connectivity index (χ0n) is 16.2. The average Bonchev–Trinajstić information content (AvgIpc) is 3.08.